The number of carbonyl (C=O) groups is 2. The second-order valence-corrected chi connectivity index (χ2v) is 5.82. The summed E-state index contributed by atoms with van der Waals surface area (Å²) in [6.45, 7) is 4.17. The van der Waals surface area contributed by atoms with Gasteiger partial charge < -0.3 is 14.7 Å². The van der Waals surface area contributed by atoms with E-state index in [1.807, 2.05) is 13.8 Å². The summed E-state index contributed by atoms with van der Waals surface area (Å²) in [7, 11) is 1.54. The predicted molar refractivity (Wildman–Crippen MR) is 71.7 cm³/mol. The van der Waals surface area contributed by atoms with Gasteiger partial charge in [-0.2, -0.15) is 0 Å². The first-order chi connectivity index (χ1) is 8.95. The maximum absolute atomic E-state index is 12.5. The van der Waals surface area contributed by atoms with E-state index in [1.165, 1.54) is 23.3 Å². The number of hydrogen-bond donors (Lipinski definition) is 1. The van der Waals surface area contributed by atoms with Gasteiger partial charge in [0.2, 0.25) is 0 Å². The van der Waals surface area contributed by atoms with Crippen LogP contribution in [0.25, 0.3) is 0 Å². The van der Waals surface area contributed by atoms with Crippen molar-refractivity contribution in [3.8, 4) is 0 Å². The van der Waals surface area contributed by atoms with E-state index in [0.29, 0.717) is 18.5 Å². The Labute approximate surface area is 115 Å². The Morgan fingerprint density at radius 3 is 2.63 bits per heavy atom. The number of carboxylic acid groups (broad SMARTS) is 1. The zero-order valence-electron chi connectivity index (χ0n) is 11.2. The first kappa shape index (κ1) is 14.0. The lowest BCUT2D eigenvalue weighted by molar-refractivity contribution is -0.141. The summed E-state index contributed by atoms with van der Waals surface area (Å²) < 4.78 is 5.19. The fraction of sp³-hybridized carbons (Fsp3) is 0.538. The van der Waals surface area contributed by atoms with Gasteiger partial charge in [0.25, 0.3) is 5.91 Å². The molecule has 2 unspecified atom stereocenters. The Kier molecular flexibility index (Phi) is 3.91. The molecule has 0 aliphatic carbocycles. The minimum absolute atomic E-state index is 0.204. The molecule has 1 aliphatic rings. The molecule has 19 heavy (non-hydrogen) atoms. The summed E-state index contributed by atoms with van der Waals surface area (Å²) in [5.41, 5.74) is 1.53. The highest BCUT2D eigenvalue weighted by Crippen LogP contribution is 2.27. The Morgan fingerprint density at radius 1 is 1.47 bits per heavy atom. The van der Waals surface area contributed by atoms with Gasteiger partial charge in [-0.05, 0) is 19.4 Å². The van der Waals surface area contributed by atoms with Crippen LogP contribution in [0, 0.1) is 13.8 Å². The van der Waals surface area contributed by atoms with Crippen molar-refractivity contribution in [1.82, 2.24) is 4.90 Å². The molecule has 1 aliphatic heterocycles. The number of thiophene rings is 1. The molecule has 1 aromatic rings. The zero-order valence-corrected chi connectivity index (χ0v) is 12.0. The smallest absolute Gasteiger partial charge is 0.326 e. The molecule has 1 aromatic heterocycles. The molecule has 0 saturated carbocycles. The average Bonchev–Trinajstić information content (AvgIpc) is 2.94. The first-order valence-corrected chi connectivity index (χ1v) is 6.95. The van der Waals surface area contributed by atoms with Gasteiger partial charge in [-0.3, -0.25) is 4.79 Å². The van der Waals surface area contributed by atoms with Crippen molar-refractivity contribution < 1.29 is 19.4 Å². The van der Waals surface area contributed by atoms with Crippen molar-refractivity contribution in [1.29, 1.82) is 0 Å². The summed E-state index contributed by atoms with van der Waals surface area (Å²) in [5.74, 6) is -1.19. The van der Waals surface area contributed by atoms with E-state index in [2.05, 4.69) is 0 Å². The number of carbonyl (C=O) groups excluding carboxylic acids is 1. The van der Waals surface area contributed by atoms with Gasteiger partial charge in [-0.1, -0.05) is 0 Å². The van der Waals surface area contributed by atoms with Crippen LogP contribution in [0.4, 0.5) is 0 Å². The van der Waals surface area contributed by atoms with Crippen LogP contribution in [0.5, 0.6) is 0 Å². The Hall–Kier alpha value is -1.40. The van der Waals surface area contributed by atoms with Crippen molar-refractivity contribution in [2.75, 3.05) is 13.7 Å². The third-order valence-electron chi connectivity index (χ3n) is 3.66. The van der Waals surface area contributed by atoms with Crippen LogP contribution in [0.2, 0.25) is 0 Å². The standard InChI is InChI=1S/C13H17NO4S/c1-7-8(2)19-6-10(7)12(15)14-5-9(18-3)4-11(14)13(16)17/h6,9,11H,4-5H2,1-3H3,(H,16,17). The number of ether oxygens (including phenoxy) is 1. The average molecular weight is 283 g/mol. The minimum atomic E-state index is -0.975. The molecule has 6 heteroatoms. The molecule has 0 radical (unpaired) electrons. The van der Waals surface area contributed by atoms with Gasteiger partial charge >= 0.3 is 5.97 Å². The van der Waals surface area contributed by atoms with E-state index in [9.17, 15) is 14.7 Å². The molecule has 0 spiro atoms. The third-order valence-corrected chi connectivity index (χ3v) is 4.67. The molecule has 0 bridgehead atoms. The number of amides is 1. The van der Waals surface area contributed by atoms with E-state index in [4.69, 9.17) is 4.74 Å². The largest absolute Gasteiger partial charge is 0.480 e. The highest BCUT2D eigenvalue weighted by molar-refractivity contribution is 7.10. The van der Waals surface area contributed by atoms with E-state index in [0.717, 1.165) is 10.4 Å². The normalized spacial score (nSPS) is 22.8. The summed E-state index contributed by atoms with van der Waals surface area (Å²) >= 11 is 1.51. The number of carboxylic acids is 1. The van der Waals surface area contributed by atoms with E-state index in [1.54, 1.807) is 5.38 Å². The van der Waals surface area contributed by atoms with Crippen LogP contribution < -0.4 is 0 Å². The molecule has 1 amide bonds. The Bertz CT molecular complexity index is 511. The first-order valence-electron chi connectivity index (χ1n) is 6.07. The maximum atomic E-state index is 12.5. The van der Waals surface area contributed by atoms with Crippen molar-refractivity contribution in [2.45, 2.75) is 32.4 Å². The number of aliphatic carboxylic acids is 1. The molecule has 1 N–H and O–H groups in total. The lowest BCUT2D eigenvalue weighted by atomic mass is 10.1. The van der Waals surface area contributed by atoms with Crippen LogP contribution in [-0.4, -0.2) is 47.7 Å². The van der Waals surface area contributed by atoms with E-state index in [-0.39, 0.29) is 12.0 Å². The number of methoxy groups -OCH3 is 1. The molecule has 0 aromatic carbocycles. The summed E-state index contributed by atoms with van der Waals surface area (Å²) in [6.07, 6.45) is 0.143. The molecule has 1 fully saturated rings. The molecule has 1 saturated heterocycles. The number of aryl methyl sites for hydroxylation is 1. The lowest BCUT2D eigenvalue weighted by Gasteiger charge is -2.21. The highest BCUT2D eigenvalue weighted by Gasteiger charge is 2.40. The SMILES string of the molecule is COC1CC(C(=O)O)N(C(=O)c2csc(C)c2C)C1. The van der Waals surface area contributed by atoms with Crippen LogP contribution in [0.3, 0.4) is 0 Å². The summed E-state index contributed by atoms with van der Waals surface area (Å²) in [5, 5.41) is 11.0. The van der Waals surface area contributed by atoms with Gasteiger partial charge in [-0.25, -0.2) is 4.79 Å². The van der Waals surface area contributed by atoms with Crippen molar-refractivity contribution in [3.05, 3.63) is 21.4 Å². The monoisotopic (exact) mass is 283 g/mol. The minimum Gasteiger partial charge on any atom is -0.480 e. The maximum Gasteiger partial charge on any atom is 0.326 e. The van der Waals surface area contributed by atoms with Gasteiger partial charge in [0.05, 0.1) is 11.7 Å². The van der Waals surface area contributed by atoms with Gasteiger partial charge in [-0.15, -0.1) is 11.3 Å². The van der Waals surface area contributed by atoms with Crippen LogP contribution in [0.15, 0.2) is 5.38 Å². The molecule has 104 valence electrons. The Balaban J connectivity index is 2.26. The Morgan fingerprint density at radius 2 is 2.16 bits per heavy atom. The number of likely N-dealkylation sites (tertiary alicyclic amines) is 1. The van der Waals surface area contributed by atoms with Gasteiger partial charge in [0, 0.05) is 30.3 Å². The highest BCUT2D eigenvalue weighted by atomic mass is 32.1. The molecule has 5 nitrogen and oxygen atoms in total. The predicted octanol–water partition coefficient (Wildman–Crippen LogP) is 1.68. The second kappa shape index (κ2) is 5.30. The second-order valence-electron chi connectivity index (χ2n) is 4.74. The fourth-order valence-corrected chi connectivity index (χ4v) is 3.16. The number of rotatable bonds is 3. The summed E-state index contributed by atoms with van der Waals surface area (Å²) in [4.78, 5) is 26.2. The van der Waals surface area contributed by atoms with Gasteiger partial charge in [0.15, 0.2) is 0 Å². The quantitative estimate of drug-likeness (QED) is 0.916. The van der Waals surface area contributed by atoms with E-state index < -0.39 is 12.0 Å². The third kappa shape index (κ3) is 2.50. The molecular weight excluding hydrogens is 266 g/mol. The number of hydrogen-bond acceptors (Lipinski definition) is 4. The molecule has 2 heterocycles. The molecule has 2 rings (SSSR count). The topological polar surface area (TPSA) is 66.8 Å². The van der Waals surface area contributed by atoms with E-state index >= 15 is 0 Å². The van der Waals surface area contributed by atoms with Gasteiger partial charge in [0.1, 0.15) is 6.04 Å². The zero-order chi connectivity index (χ0) is 14.2. The lowest BCUT2D eigenvalue weighted by Crippen LogP contribution is -2.40. The summed E-state index contributed by atoms with van der Waals surface area (Å²) in [6, 6.07) is -0.794. The molecule has 2 atom stereocenters. The van der Waals surface area contributed by atoms with Crippen molar-refractivity contribution >= 4 is 23.2 Å². The fourth-order valence-electron chi connectivity index (χ4n) is 2.31. The molecular formula is C13H17NO4S. The van der Waals surface area contributed by atoms with Crippen molar-refractivity contribution in [3.63, 3.8) is 0 Å². The van der Waals surface area contributed by atoms with Crippen LogP contribution in [0.1, 0.15) is 27.2 Å². The number of nitrogens with zero attached hydrogens (tertiary/aromatic N) is 1. The van der Waals surface area contributed by atoms with Crippen molar-refractivity contribution in [2.24, 2.45) is 0 Å². The van der Waals surface area contributed by atoms with Crippen LogP contribution in [-0.2, 0) is 9.53 Å². The van der Waals surface area contributed by atoms with Crippen LogP contribution >= 0.6 is 11.3 Å².